The summed E-state index contributed by atoms with van der Waals surface area (Å²) in [6.45, 7) is 8.58. The first-order valence-corrected chi connectivity index (χ1v) is 16.6. The van der Waals surface area contributed by atoms with E-state index in [0.717, 1.165) is 61.1 Å². The summed E-state index contributed by atoms with van der Waals surface area (Å²) in [5.41, 5.74) is 2.73. The fraction of sp³-hybridized carbons (Fsp3) is 0.500. The minimum absolute atomic E-state index is 0. The summed E-state index contributed by atoms with van der Waals surface area (Å²) < 4.78 is 26.8. The van der Waals surface area contributed by atoms with Crippen molar-refractivity contribution in [2.24, 2.45) is 17.8 Å². The van der Waals surface area contributed by atoms with E-state index in [2.05, 4.69) is 57.0 Å². The summed E-state index contributed by atoms with van der Waals surface area (Å²) in [5.74, 6) is 1.49. The molecule has 0 bridgehead atoms. The van der Waals surface area contributed by atoms with E-state index in [9.17, 15) is 14.2 Å². The molecule has 5 unspecified atom stereocenters. The molecule has 5 atom stereocenters. The number of halogens is 4. The van der Waals surface area contributed by atoms with Crippen LogP contribution in [0.15, 0.2) is 42.5 Å². The quantitative estimate of drug-likeness (QED) is 0.150. The largest absolute Gasteiger partial charge is 0.468 e. The van der Waals surface area contributed by atoms with E-state index in [1.165, 1.54) is 11.8 Å². The van der Waals surface area contributed by atoms with Crippen LogP contribution in [0.5, 0.6) is 0 Å². The van der Waals surface area contributed by atoms with Gasteiger partial charge in [0.15, 0.2) is 0 Å². The Bertz CT molecular complexity index is 982. The Morgan fingerprint density at radius 3 is 2.03 bits per heavy atom. The smallest absolute Gasteiger partial charge is 0.133 e. The number of para-hydroxylation sites is 1. The molecule has 2 aromatic carbocycles. The average Bonchev–Trinajstić information content (AvgIpc) is 3.28. The van der Waals surface area contributed by atoms with Crippen LogP contribution < -0.4 is 4.90 Å². The number of benzene rings is 2. The molecule has 1 saturated heterocycles. The molecule has 3 aliphatic rings. The van der Waals surface area contributed by atoms with Crippen molar-refractivity contribution in [2.75, 3.05) is 25.0 Å². The van der Waals surface area contributed by atoms with E-state index >= 15 is 0 Å². The summed E-state index contributed by atoms with van der Waals surface area (Å²) >= 11 is -0.556. The zero-order valence-electron chi connectivity index (χ0n) is 21.8. The third-order valence-corrected chi connectivity index (χ3v) is 8.10. The van der Waals surface area contributed by atoms with Gasteiger partial charge in [0.1, 0.15) is 11.6 Å². The third-order valence-electron chi connectivity index (χ3n) is 8.10. The average molecular weight is 572 g/mol. The molecule has 2 heterocycles. The predicted molar refractivity (Wildman–Crippen MR) is 146 cm³/mol. The molecule has 2 fully saturated rings. The maximum atomic E-state index is 13.4. The van der Waals surface area contributed by atoms with Crippen LogP contribution in [-0.4, -0.2) is 36.9 Å². The number of fused-ring (bicyclic) bond motifs is 3. The Balaban J connectivity index is 0.000000223. The molecule has 198 valence electrons. The van der Waals surface area contributed by atoms with Crippen LogP contribution in [-0.2, 0) is 17.0 Å². The van der Waals surface area contributed by atoms with Crippen molar-refractivity contribution >= 4 is 30.1 Å². The summed E-state index contributed by atoms with van der Waals surface area (Å²) in [4.78, 5) is 4.15. The van der Waals surface area contributed by atoms with Crippen molar-refractivity contribution in [1.82, 2.24) is 4.90 Å². The number of rotatable bonds is 1. The molecule has 0 amide bonds. The Morgan fingerprint density at radius 1 is 0.889 bits per heavy atom. The van der Waals surface area contributed by atoms with Crippen molar-refractivity contribution in [1.29, 1.82) is 0 Å². The number of likely N-dealkylation sites (tertiary alicyclic amines) is 1. The van der Waals surface area contributed by atoms with Gasteiger partial charge in [-0.2, -0.15) is 0 Å². The fourth-order valence-corrected chi connectivity index (χ4v) is 6.04. The number of nitrogens with zero attached hydrogens (tertiary/aromatic N) is 3. The Kier molecular flexibility index (Phi) is 12.2. The SMILES string of the molecule is CC1C(C)C2c3ccccc3N(C)C2C1C.[CH3-].[Cl][Ti][Cl].[N-]=C(c1c(F)cccc1F)N1CCCCC1. The van der Waals surface area contributed by atoms with Gasteiger partial charge in [0.2, 0.25) is 0 Å². The van der Waals surface area contributed by atoms with Gasteiger partial charge in [-0.05, 0) is 54.6 Å². The van der Waals surface area contributed by atoms with E-state index in [0.29, 0.717) is 13.1 Å². The number of hydrogen-bond acceptors (Lipinski definition) is 1. The molecule has 0 aromatic heterocycles. The van der Waals surface area contributed by atoms with Gasteiger partial charge in [-0.15, -0.1) is 0 Å². The fourth-order valence-electron chi connectivity index (χ4n) is 6.04. The van der Waals surface area contributed by atoms with Crippen molar-refractivity contribution < 1.29 is 25.8 Å². The summed E-state index contributed by atoms with van der Waals surface area (Å²) in [7, 11) is 12.0. The second kappa shape index (κ2) is 14.1. The Labute approximate surface area is 232 Å². The van der Waals surface area contributed by atoms with Crippen LogP contribution in [0.2, 0.25) is 0 Å². The number of piperidine rings is 1. The van der Waals surface area contributed by atoms with E-state index in [-0.39, 0.29) is 18.8 Å². The van der Waals surface area contributed by atoms with Gasteiger partial charge in [-0.1, -0.05) is 70.1 Å². The molecule has 36 heavy (non-hydrogen) atoms. The zero-order valence-corrected chi connectivity index (χ0v) is 24.9. The number of amidine groups is 1. The molecule has 2 aliphatic heterocycles. The maximum Gasteiger partial charge on any atom is 0.133 e. The van der Waals surface area contributed by atoms with Gasteiger partial charge in [-0.25, -0.2) is 8.78 Å². The van der Waals surface area contributed by atoms with Crippen LogP contribution in [0.25, 0.3) is 5.41 Å². The molecule has 8 heteroatoms. The molecule has 1 aliphatic carbocycles. The van der Waals surface area contributed by atoms with Crippen molar-refractivity contribution in [2.45, 2.75) is 52.0 Å². The third kappa shape index (κ3) is 6.46. The van der Waals surface area contributed by atoms with Crippen molar-refractivity contribution in [3.05, 3.63) is 78.1 Å². The molecule has 0 spiro atoms. The standard InChI is InChI=1S/C15H21N.C12H13F2N2.CH3.2ClH.Ti/c1-9-10(2)14-12-7-5-6-8-13(12)16(4)15(14)11(9)3;13-9-5-4-6-10(14)11(9)12(15)16-7-2-1-3-8-16;;;;/h5-11,14-15H,1-4H3;4-6H,1-3,7-8H2;1H3;2*1H;/q;2*-1;;;+2/p-2. The normalized spacial score (nSPS) is 25.8. The topological polar surface area (TPSA) is 28.8 Å². The first kappa shape index (κ1) is 31.1. The maximum absolute atomic E-state index is 13.4. The monoisotopic (exact) mass is 571 g/mol. The Hall–Kier alpha value is -1.14. The van der Waals surface area contributed by atoms with Gasteiger partial charge in [0.25, 0.3) is 0 Å². The van der Waals surface area contributed by atoms with Crippen LogP contribution in [0.4, 0.5) is 14.5 Å². The van der Waals surface area contributed by atoms with E-state index in [1.54, 1.807) is 10.5 Å². The van der Waals surface area contributed by atoms with Crippen LogP contribution in [0.3, 0.4) is 0 Å². The molecular formula is C28H37Cl2F2N3Ti-2. The number of anilines is 1. The van der Waals surface area contributed by atoms with Crippen molar-refractivity contribution in [3.8, 4) is 0 Å². The second-order valence-electron chi connectivity index (χ2n) is 9.80. The van der Waals surface area contributed by atoms with Gasteiger partial charge < -0.3 is 22.6 Å². The van der Waals surface area contributed by atoms with Crippen LogP contribution in [0.1, 0.15) is 57.1 Å². The summed E-state index contributed by atoms with van der Waals surface area (Å²) in [5, 5.41) is 9.87. The molecule has 2 aromatic rings. The van der Waals surface area contributed by atoms with E-state index < -0.39 is 28.7 Å². The number of likely N-dealkylation sites (N-methyl/N-ethyl adjacent to an activating group) is 1. The van der Waals surface area contributed by atoms with Gasteiger partial charge in [-0.3, -0.25) is 0 Å². The van der Waals surface area contributed by atoms with Crippen molar-refractivity contribution in [3.63, 3.8) is 0 Å². The summed E-state index contributed by atoms with van der Waals surface area (Å²) in [6, 6.07) is 13.3. The molecule has 1 saturated carbocycles. The van der Waals surface area contributed by atoms with Crippen LogP contribution >= 0.6 is 18.6 Å². The number of hydrogen-bond donors (Lipinski definition) is 0. The predicted octanol–water partition coefficient (Wildman–Crippen LogP) is 8.10. The van der Waals surface area contributed by atoms with Gasteiger partial charge in [0, 0.05) is 30.3 Å². The van der Waals surface area contributed by atoms with E-state index in [4.69, 9.17) is 18.6 Å². The van der Waals surface area contributed by atoms with E-state index in [1.807, 2.05) is 0 Å². The molecule has 0 radical (unpaired) electrons. The minimum atomic E-state index is -0.719. The molecular weight excluding hydrogens is 535 g/mol. The first-order valence-electron chi connectivity index (χ1n) is 12.3. The first-order chi connectivity index (χ1) is 16.7. The summed E-state index contributed by atoms with van der Waals surface area (Å²) in [6.07, 6.45) is 2.99. The molecule has 5 rings (SSSR count). The second-order valence-corrected chi connectivity index (χ2v) is 12.4. The molecule has 3 nitrogen and oxygen atoms in total. The van der Waals surface area contributed by atoms with Gasteiger partial charge in [0.05, 0.1) is 0 Å². The Morgan fingerprint density at radius 2 is 1.44 bits per heavy atom. The minimum Gasteiger partial charge on any atom is -0.468 e. The molecule has 0 N–H and O–H groups in total. The van der Waals surface area contributed by atoms with Gasteiger partial charge >= 0.3 is 35.6 Å². The van der Waals surface area contributed by atoms with Crippen LogP contribution in [0, 0.1) is 36.8 Å². The zero-order chi connectivity index (χ0) is 25.7.